The summed E-state index contributed by atoms with van der Waals surface area (Å²) in [6, 6.07) is 10.4. The first-order chi connectivity index (χ1) is 12.0. The van der Waals surface area contributed by atoms with Crippen LogP contribution in [0.1, 0.15) is 35.6 Å². The minimum atomic E-state index is -0.315. The van der Waals surface area contributed by atoms with Crippen molar-refractivity contribution in [3.8, 4) is 11.1 Å². The fourth-order valence-corrected chi connectivity index (χ4v) is 4.00. The van der Waals surface area contributed by atoms with Gasteiger partial charge in [-0.25, -0.2) is 0 Å². The molecule has 0 saturated carbocycles. The number of carbonyl (C=O) groups excluding carboxylic acids is 2. The molecule has 4 nitrogen and oxygen atoms in total. The zero-order valence-electron chi connectivity index (χ0n) is 14.6. The van der Waals surface area contributed by atoms with Gasteiger partial charge >= 0.3 is 5.97 Å². The van der Waals surface area contributed by atoms with Gasteiger partial charge in [-0.2, -0.15) is 0 Å². The zero-order chi connectivity index (χ0) is 18.0. The van der Waals surface area contributed by atoms with E-state index in [0.29, 0.717) is 11.6 Å². The summed E-state index contributed by atoms with van der Waals surface area (Å²) in [6.07, 6.45) is 2.05. The van der Waals surface area contributed by atoms with Crippen LogP contribution >= 0.6 is 11.3 Å². The normalized spacial score (nSPS) is 11.2. The van der Waals surface area contributed by atoms with Crippen molar-refractivity contribution in [2.75, 3.05) is 7.11 Å². The van der Waals surface area contributed by atoms with Crippen LogP contribution in [0.25, 0.3) is 16.0 Å². The molecule has 3 rings (SSSR count). The van der Waals surface area contributed by atoms with Gasteiger partial charge < -0.3 is 9.14 Å². The topological polar surface area (TPSA) is 47.8 Å². The summed E-state index contributed by atoms with van der Waals surface area (Å²) >= 11 is 1.52. The molecule has 0 N–H and O–H groups in total. The second kappa shape index (κ2) is 7.23. The summed E-state index contributed by atoms with van der Waals surface area (Å²) in [4.78, 5) is 24.3. The molecule has 130 valence electrons. The average Bonchev–Trinajstić information content (AvgIpc) is 3.14. The lowest BCUT2D eigenvalue weighted by Crippen LogP contribution is -2.07. The highest BCUT2D eigenvalue weighted by molar-refractivity contribution is 7.15. The van der Waals surface area contributed by atoms with E-state index >= 15 is 0 Å². The second-order valence-electron chi connectivity index (χ2n) is 6.51. The lowest BCUT2D eigenvalue weighted by molar-refractivity contribution is -0.139. The molecule has 25 heavy (non-hydrogen) atoms. The molecule has 0 aliphatic heterocycles. The smallest absolute Gasteiger partial charge is 0.311 e. The summed E-state index contributed by atoms with van der Waals surface area (Å²) in [6.45, 7) is 4.40. The summed E-state index contributed by atoms with van der Waals surface area (Å²) in [7, 11) is 1.37. The second-order valence-corrected chi connectivity index (χ2v) is 7.40. The SMILES string of the molecule is COC(=O)Cc1csc2cc(-c3ccc(CC(C)C)cc3)c(C=O)n12. The molecule has 0 radical (unpaired) electrons. The standard InChI is InChI=1S/C20H21NO3S/c1-13(2)8-14-4-6-15(7-5-14)17-10-19-21(18(17)11-22)16(12-25-19)9-20(23)24-3/h4-7,10-13H,8-9H2,1-3H3. The lowest BCUT2D eigenvalue weighted by Gasteiger charge is -2.07. The zero-order valence-corrected chi connectivity index (χ0v) is 15.4. The maximum atomic E-state index is 11.8. The first-order valence-electron chi connectivity index (χ1n) is 8.26. The third-order valence-corrected chi connectivity index (χ3v) is 5.11. The number of ether oxygens (including phenoxy) is 1. The number of esters is 1. The van der Waals surface area contributed by atoms with Crippen LogP contribution in [0.2, 0.25) is 0 Å². The molecule has 0 amide bonds. The van der Waals surface area contributed by atoms with Crippen LogP contribution in [-0.2, 0) is 22.4 Å². The summed E-state index contributed by atoms with van der Waals surface area (Å²) in [5, 5.41) is 1.90. The Labute approximate surface area is 151 Å². The van der Waals surface area contributed by atoms with Crippen LogP contribution in [0.4, 0.5) is 0 Å². The van der Waals surface area contributed by atoms with Gasteiger partial charge in [-0.15, -0.1) is 11.3 Å². The average molecular weight is 355 g/mol. The van der Waals surface area contributed by atoms with Crippen molar-refractivity contribution in [2.45, 2.75) is 26.7 Å². The number of hydrogen-bond acceptors (Lipinski definition) is 4. The fraction of sp³-hybridized carbons (Fsp3) is 0.300. The molecule has 5 heteroatoms. The molecule has 0 saturated heterocycles. The van der Waals surface area contributed by atoms with Crippen molar-refractivity contribution in [1.29, 1.82) is 0 Å². The minimum absolute atomic E-state index is 0.152. The predicted octanol–water partition coefficient (Wildman–Crippen LogP) is 4.39. The van der Waals surface area contributed by atoms with Crippen molar-refractivity contribution in [2.24, 2.45) is 5.92 Å². The first-order valence-corrected chi connectivity index (χ1v) is 9.14. The number of hydrogen-bond donors (Lipinski definition) is 0. The number of aldehydes is 1. The minimum Gasteiger partial charge on any atom is -0.469 e. The van der Waals surface area contributed by atoms with Gasteiger partial charge in [0.15, 0.2) is 6.29 Å². The summed E-state index contributed by atoms with van der Waals surface area (Å²) in [5.41, 5.74) is 4.54. The Hall–Kier alpha value is -2.40. The number of aromatic nitrogens is 1. The molecule has 0 unspecified atom stereocenters. The van der Waals surface area contributed by atoms with Crippen LogP contribution in [0.5, 0.6) is 0 Å². The molecular weight excluding hydrogens is 334 g/mol. The monoisotopic (exact) mass is 355 g/mol. The predicted molar refractivity (Wildman–Crippen MR) is 100 cm³/mol. The summed E-state index contributed by atoms with van der Waals surface area (Å²) in [5.74, 6) is 0.293. The van der Waals surface area contributed by atoms with Gasteiger partial charge in [-0.05, 0) is 29.5 Å². The highest BCUT2D eigenvalue weighted by Gasteiger charge is 2.17. The van der Waals surface area contributed by atoms with Gasteiger partial charge in [0.05, 0.1) is 19.2 Å². The molecule has 0 atom stereocenters. The molecule has 2 aromatic heterocycles. The Balaban J connectivity index is 2.02. The van der Waals surface area contributed by atoms with Crippen LogP contribution in [0, 0.1) is 5.92 Å². The van der Waals surface area contributed by atoms with Gasteiger partial charge in [-0.1, -0.05) is 38.1 Å². The Kier molecular flexibility index (Phi) is 5.04. The van der Waals surface area contributed by atoms with E-state index in [-0.39, 0.29) is 12.4 Å². The Morgan fingerprint density at radius 3 is 2.60 bits per heavy atom. The maximum Gasteiger partial charge on any atom is 0.311 e. The van der Waals surface area contributed by atoms with Gasteiger partial charge in [0.2, 0.25) is 0 Å². The lowest BCUT2D eigenvalue weighted by atomic mass is 9.99. The maximum absolute atomic E-state index is 11.8. The molecule has 2 heterocycles. The van der Waals surface area contributed by atoms with E-state index in [1.165, 1.54) is 24.0 Å². The molecule has 0 fully saturated rings. The Morgan fingerprint density at radius 2 is 2.00 bits per heavy atom. The van der Waals surface area contributed by atoms with Crippen LogP contribution in [0.3, 0.4) is 0 Å². The molecule has 1 aromatic carbocycles. The number of rotatable bonds is 6. The highest BCUT2D eigenvalue weighted by atomic mass is 32.1. The van der Waals surface area contributed by atoms with E-state index in [0.717, 1.165) is 34.4 Å². The van der Waals surface area contributed by atoms with Gasteiger partial charge in [-0.3, -0.25) is 9.59 Å². The van der Waals surface area contributed by atoms with Crippen molar-refractivity contribution in [3.05, 3.63) is 52.7 Å². The van der Waals surface area contributed by atoms with Crippen molar-refractivity contribution < 1.29 is 14.3 Å². The molecule has 0 aliphatic carbocycles. The summed E-state index contributed by atoms with van der Waals surface area (Å²) < 4.78 is 6.60. The van der Waals surface area contributed by atoms with E-state index in [4.69, 9.17) is 4.74 Å². The number of nitrogens with zero attached hydrogens (tertiary/aromatic N) is 1. The number of benzene rings is 1. The number of thiazole rings is 1. The largest absolute Gasteiger partial charge is 0.469 e. The molecule has 0 aliphatic rings. The Morgan fingerprint density at radius 1 is 1.28 bits per heavy atom. The number of fused-ring (bicyclic) bond motifs is 1. The first kappa shape index (κ1) is 17.4. The van der Waals surface area contributed by atoms with E-state index in [2.05, 4.69) is 38.1 Å². The van der Waals surface area contributed by atoms with Crippen LogP contribution < -0.4 is 0 Å². The van der Waals surface area contributed by atoms with E-state index < -0.39 is 0 Å². The molecule has 0 bridgehead atoms. The number of carbonyl (C=O) groups is 2. The quantitative estimate of drug-likeness (QED) is 0.486. The van der Waals surface area contributed by atoms with Crippen molar-refractivity contribution in [1.82, 2.24) is 4.40 Å². The third kappa shape index (κ3) is 3.51. The fourth-order valence-electron chi connectivity index (χ4n) is 3.05. The van der Waals surface area contributed by atoms with E-state index in [1.54, 1.807) is 0 Å². The van der Waals surface area contributed by atoms with Gasteiger partial charge in [0, 0.05) is 16.6 Å². The van der Waals surface area contributed by atoms with Gasteiger partial charge in [0.1, 0.15) is 4.83 Å². The molecule has 0 spiro atoms. The number of methoxy groups -OCH3 is 1. The third-order valence-electron chi connectivity index (χ3n) is 4.18. The van der Waals surface area contributed by atoms with E-state index in [9.17, 15) is 9.59 Å². The van der Waals surface area contributed by atoms with Crippen LogP contribution in [-0.4, -0.2) is 23.8 Å². The van der Waals surface area contributed by atoms with E-state index in [1.807, 2.05) is 15.8 Å². The van der Waals surface area contributed by atoms with Gasteiger partial charge in [0.25, 0.3) is 0 Å². The van der Waals surface area contributed by atoms with Crippen LogP contribution in [0.15, 0.2) is 35.7 Å². The molecule has 3 aromatic rings. The highest BCUT2D eigenvalue weighted by Crippen LogP contribution is 2.31. The van der Waals surface area contributed by atoms with Crippen molar-refractivity contribution in [3.63, 3.8) is 0 Å². The van der Waals surface area contributed by atoms with Crippen molar-refractivity contribution >= 4 is 28.4 Å². The Bertz CT molecular complexity index is 903. The molecular formula is C20H21NO3S.